The molecule has 1 aliphatic heterocycles. The fourth-order valence-corrected chi connectivity index (χ4v) is 3.21. The molecule has 2 aromatic carbocycles. The Kier molecular flexibility index (Phi) is 6.68. The number of urea groups is 1. The third-order valence-electron chi connectivity index (χ3n) is 4.57. The van der Waals surface area contributed by atoms with Crippen LogP contribution in [0.25, 0.3) is 0 Å². The van der Waals surface area contributed by atoms with Crippen molar-refractivity contribution in [2.24, 2.45) is 0 Å². The van der Waals surface area contributed by atoms with Gasteiger partial charge >= 0.3 is 6.03 Å². The molecule has 0 atom stereocenters. The van der Waals surface area contributed by atoms with Gasteiger partial charge in [0.25, 0.3) is 5.91 Å². The Bertz CT molecular complexity index is 759. The molecule has 0 aromatic heterocycles. The van der Waals surface area contributed by atoms with Gasteiger partial charge in [-0.15, -0.1) is 0 Å². The number of hydrogen-bond acceptors (Lipinski definition) is 3. The van der Waals surface area contributed by atoms with Gasteiger partial charge in [-0.25, -0.2) is 10.2 Å². The van der Waals surface area contributed by atoms with Crippen molar-refractivity contribution in [3.8, 4) is 0 Å². The number of benzene rings is 2. The lowest BCUT2D eigenvalue weighted by atomic mass is 10.0. The molecule has 1 saturated heterocycles. The Morgan fingerprint density at radius 2 is 1.63 bits per heavy atom. The third-order valence-corrected chi connectivity index (χ3v) is 4.82. The smallest absolute Gasteiger partial charge is 0.333 e. The number of carbonyl (C=O) groups is 2. The van der Waals surface area contributed by atoms with Crippen molar-refractivity contribution in [2.75, 3.05) is 13.1 Å². The fraction of sp³-hybridized carbons (Fsp3) is 0.300. The zero-order chi connectivity index (χ0) is 19.1. The van der Waals surface area contributed by atoms with Crippen LogP contribution in [-0.4, -0.2) is 36.0 Å². The first-order chi connectivity index (χ1) is 13.1. The summed E-state index contributed by atoms with van der Waals surface area (Å²) >= 11 is 5.92. The van der Waals surface area contributed by atoms with Crippen LogP contribution >= 0.6 is 11.6 Å². The van der Waals surface area contributed by atoms with Crippen molar-refractivity contribution in [1.82, 2.24) is 21.1 Å². The second-order valence-corrected chi connectivity index (χ2v) is 7.03. The molecule has 2 aromatic rings. The number of halogens is 1. The Balaban J connectivity index is 1.36. The molecular formula is C20H23ClN4O2. The van der Waals surface area contributed by atoms with E-state index in [0.29, 0.717) is 5.56 Å². The van der Waals surface area contributed by atoms with Gasteiger partial charge in [-0.2, -0.15) is 0 Å². The monoisotopic (exact) mass is 386 g/mol. The summed E-state index contributed by atoms with van der Waals surface area (Å²) in [6.07, 6.45) is 1.74. The molecule has 0 spiro atoms. The molecule has 0 saturated carbocycles. The maximum atomic E-state index is 12.0. The molecule has 3 amide bonds. The minimum absolute atomic E-state index is 0.0973. The molecule has 27 heavy (non-hydrogen) atoms. The lowest BCUT2D eigenvalue weighted by Crippen LogP contribution is -2.52. The molecule has 6 nitrogen and oxygen atoms in total. The number of nitrogens with one attached hydrogen (secondary N) is 3. The number of rotatable bonds is 4. The van der Waals surface area contributed by atoms with Crippen molar-refractivity contribution in [3.05, 3.63) is 70.7 Å². The largest absolute Gasteiger partial charge is 0.334 e. The lowest BCUT2D eigenvalue weighted by Gasteiger charge is -2.32. The van der Waals surface area contributed by atoms with E-state index in [0.717, 1.165) is 37.5 Å². The van der Waals surface area contributed by atoms with Gasteiger partial charge in [0.2, 0.25) is 0 Å². The Labute approximate surface area is 163 Å². The highest BCUT2D eigenvalue weighted by atomic mass is 35.5. The fourth-order valence-electron chi connectivity index (χ4n) is 3.08. The van der Waals surface area contributed by atoms with Crippen molar-refractivity contribution >= 4 is 23.5 Å². The van der Waals surface area contributed by atoms with Crippen LogP contribution in [-0.2, 0) is 6.54 Å². The number of likely N-dealkylation sites (tertiary alicyclic amines) is 1. The Morgan fingerprint density at radius 1 is 0.963 bits per heavy atom. The van der Waals surface area contributed by atoms with Gasteiger partial charge in [-0.05, 0) is 42.7 Å². The number of carbonyl (C=O) groups excluding carboxylic acids is 2. The second-order valence-electron chi connectivity index (χ2n) is 6.60. The number of amides is 3. The third kappa shape index (κ3) is 5.98. The summed E-state index contributed by atoms with van der Waals surface area (Å²) in [6, 6.07) is 16.3. The van der Waals surface area contributed by atoms with Crippen LogP contribution in [0.2, 0.25) is 5.02 Å². The summed E-state index contributed by atoms with van der Waals surface area (Å²) in [4.78, 5) is 26.3. The SMILES string of the molecule is O=C(NNC(=O)c1ccccc1)NC1CCN(Cc2ccc(Cl)cc2)CC1. The molecule has 3 rings (SSSR count). The average molecular weight is 387 g/mol. The highest BCUT2D eigenvalue weighted by molar-refractivity contribution is 6.30. The van der Waals surface area contributed by atoms with Crippen LogP contribution in [0.4, 0.5) is 4.79 Å². The predicted octanol–water partition coefficient (Wildman–Crippen LogP) is 2.95. The van der Waals surface area contributed by atoms with E-state index in [1.165, 1.54) is 5.56 Å². The normalized spacial score (nSPS) is 15.1. The highest BCUT2D eigenvalue weighted by Gasteiger charge is 2.21. The van der Waals surface area contributed by atoms with Gasteiger partial charge in [-0.1, -0.05) is 41.9 Å². The van der Waals surface area contributed by atoms with Gasteiger partial charge in [0.1, 0.15) is 0 Å². The van der Waals surface area contributed by atoms with Gasteiger partial charge in [0.05, 0.1) is 0 Å². The van der Waals surface area contributed by atoms with Gasteiger partial charge in [0, 0.05) is 36.3 Å². The lowest BCUT2D eigenvalue weighted by molar-refractivity contribution is 0.0935. The summed E-state index contributed by atoms with van der Waals surface area (Å²) in [5, 5.41) is 3.65. The predicted molar refractivity (Wildman–Crippen MR) is 105 cm³/mol. The van der Waals surface area contributed by atoms with Crippen LogP contribution in [0.15, 0.2) is 54.6 Å². The summed E-state index contributed by atoms with van der Waals surface area (Å²) in [5.41, 5.74) is 6.54. The quantitative estimate of drug-likeness (QED) is 0.707. The molecule has 3 N–H and O–H groups in total. The summed E-state index contributed by atoms with van der Waals surface area (Å²) in [5.74, 6) is -0.344. The molecule has 0 aliphatic carbocycles. The van der Waals surface area contributed by atoms with E-state index in [-0.39, 0.29) is 11.9 Å². The first kappa shape index (κ1) is 19.2. The molecule has 0 unspecified atom stereocenters. The van der Waals surface area contributed by atoms with Gasteiger partial charge < -0.3 is 5.32 Å². The number of hydrogen-bond donors (Lipinski definition) is 3. The van der Waals surface area contributed by atoms with Gasteiger partial charge in [-0.3, -0.25) is 15.1 Å². The molecule has 1 fully saturated rings. The van der Waals surface area contributed by atoms with E-state index in [2.05, 4.69) is 21.1 Å². The molecule has 7 heteroatoms. The molecule has 142 valence electrons. The standard InChI is InChI=1S/C20H23ClN4O2/c21-17-8-6-15(7-9-17)14-25-12-10-18(11-13-25)22-20(27)24-23-19(26)16-4-2-1-3-5-16/h1-9,18H,10-14H2,(H,23,26)(H2,22,24,27). The molecular weight excluding hydrogens is 364 g/mol. The van der Waals surface area contributed by atoms with Crippen LogP contribution in [0.5, 0.6) is 0 Å². The highest BCUT2D eigenvalue weighted by Crippen LogP contribution is 2.15. The minimum atomic E-state index is -0.393. The zero-order valence-electron chi connectivity index (χ0n) is 15.0. The number of piperidine rings is 1. The van der Waals surface area contributed by atoms with E-state index in [1.54, 1.807) is 24.3 Å². The minimum Gasteiger partial charge on any atom is -0.334 e. The van der Waals surface area contributed by atoms with Crippen molar-refractivity contribution < 1.29 is 9.59 Å². The number of nitrogens with zero attached hydrogens (tertiary/aromatic N) is 1. The van der Waals surface area contributed by atoms with Crippen molar-refractivity contribution in [1.29, 1.82) is 0 Å². The van der Waals surface area contributed by atoms with Crippen LogP contribution in [0, 0.1) is 0 Å². The molecule has 0 radical (unpaired) electrons. The van der Waals surface area contributed by atoms with E-state index in [1.807, 2.05) is 30.3 Å². The van der Waals surface area contributed by atoms with E-state index in [9.17, 15) is 9.59 Å². The van der Waals surface area contributed by atoms with Crippen molar-refractivity contribution in [2.45, 2.75) is 25.4 Å². The summed E-state index contributed by atoms with van der Waals surface area (Å²) < 4.78 is 0. The molecule has 0 bridgehead atoms. The summed E-state index contributed by atoms with van der Waals surface area (Å²) in [7, 11) is 0. The molecule has 1 heterocycles. The first-order valence-electron chi connectivity index (χ1n) is 8.99. The average Bonchev–Trinajstić information content (AvgIpc) is 2.70. The topological polar surface area (TPSA) is 73.5 Å². The van der Waals surface area contributed by atoms with Gasteiger partial charge in [0.15, 0.2) is 0 Å². The van der Waals surface area contributed by atoms with Crippen molar-refractivity contribution in [3.63, 3.8) is 0 Å². The van der Waals surface area contributed by atoms with Crippen LogP contribution < -0.4 is 16.2 Å². The van der Waals surface area contributed by atoms with E-state index in [4.69, 9.17) is 11.6 Å². The zero-order valence-corrected chi connectivity index (χ0v) is 15.7. The molecule has 1 aliphatic rings. The number of hydrazine groups is 1. The maximum absolute atomic E-state index is 12.0. The van der Waals surface area contributed by atoms with E-state index >= 15 is 0 Å². The maximum Gasteiger partial charge on any atom is 0.333 e. The van der Waals surface area contributed by atoms with Crippen LogP contribution in [0.1, 0.15) is 28.8 Å². The van der Waals surface area contributed by atoms with Crippen LogP contribution in [0.3, 0.4) is 0 Å². The van der Waals surface area contributed by atoms with E-state index < -0.39 is 6.03 Å². The second kappa shape index (κ2) is 9.39. The Hall–Kier alpha value is -2.57. The first-order valence-corrected chi connectivity index (χ1v) is 9.36. The summed E-state index contributed by atoms with van der Waals surface area (Å²) in [6.45, 7) is 2.69. The Morgan fingerprint density at radius 3 is 2.30 bits per heavy atom.